The summed E-state index contributed by atoms with van der Waals surface area (Å²) in [4.78, 5) is 13.2. The number of ether oxygens (including phenoxy) is 3. The number of nitrogens with zero attached hydrogens (tertiary/aromatic N) is 2. The number of para-hydroxylation sites is 1. The van der Waals surface area contributed by atoms with Gasteiger partial charge in [-0.15, -0.1) is 5.10 Å². The molecular weight excluding hydrogens is 517 g/mol. The van der Waals surface area contributed by atoms with E-state index in [1.165, 1.54) is 0 Å². The maximum atomic E-state index is 13.2. The van der Waals surface area contributed by atoms with Crippen LogP contribution in [0.1, 0.15) is 17.5 Å². The molecule has 3 aromatic rings. The van der Waals surface area contributed by atoms with Gasteiger partial charge in [0.2, 0.25) is 5.88 Å². The van der Waals surface area contributed by atoms with Gasteiger partial charge in [-0.3, -0.25) is 5.32 Å². The van der Waals surface area contributed by atoms with Gasteiger partial charge in [0.05, 0.1) is 27.9 Å². The van der Waals surface area contributed by atoms with E-state index in [9.17, 15) is 4.79 Å². The number of nitrogens with one attached hydrogen (secondary N) is 3. The van der Waals surface area contributed by atoms with Crippen LogP contribution < -0.4 is 20.7 Å². The van der Waals surface area contributed by atoms with E-state index in [0.717, 1.165) is 24.2 Å². The van der Waals surface area contributed by atoms with Crippen LogP contribution in [-0.4, -0.2) is 61.9 Å². The van der Waals surface area contributed by atoms with Crippen LogP contribution >= 0.6 is 23.2 Å². The Balaban J connectivity index is 1.55. The smallest absolute Gasteiger partial charge is 0.324 e. The zero-order valence-corrected chi connectivity index (χ0v) is 22.4. The third kappa shape index (κ3) is 7.15. The van der Waals surface area contributed by atoms with Crippen molar-refractivity contribution in [3.8, 4) is 11.6 Å². The minimum Gasteiger partial charge on any atom is -0.474 e. The third-order valence-electron chi connectivity index (χ3n) is 5.91. The van der Waals surface area contributed by atoms with Crippen LogP contribution in [0.5, 0.6) is 5.88 Å². The molecule has 2 aromatic carbocycles. The molecule has 3 N–H and O–H groups in total. The number of urea groups is 1. The zero-order chi connectivity index (χ0) is 26.2. The fraction of sp³-hybridized carbons (Fsp3) is 0.385. The Labute approximate surface area is 226 Å². The van der Waals surface area contributed by atoms with Crippen LogP contribution in [0.25, 0.3) is 5.69 Å². The Hall–Kier alpha value is -2.82. The molecule has 0 unspecified atom stereocenters. The standard InChI is InChI=1S/C26H31Cl2N5O4/c1-17-24(31-26(34)30-23-14-22(28)21(27)13-18(23)7-6-11-35-2)33(19-8-4-3-5-9-19)32-25(17)37-16-20-15-29-10-12-36-20/h3-5,8-9,13-14,20,29H,6-7,10-12,15-16H2,1-2H3,(H2,30,31,34)/t20-/m1/s1. The third-order valence-corrected chi connectivity index (χ3v) is 6.63. The van der Waals surface area contributed by atoms with Gasteiger partial charge >= 0.3 is 6.03 Å². The Morgan fingerprint density at radius 1 is 1.22 bits per heavy atom. The number of carbonyl (C=O) groups excluding carboxylic acids is 1. The highest BCUT2D eigenvalue weighted by molar-refractivity contribution is 6.42. The second-order valence-electron chi connectivity index (χ2n) is 8.63. The molecule has 1 aliphatic rings. The highest BCUT2D eigenvalue weighted by Gasteiger charge is 2.22. The maximum Gasteiger partial charge on any atom is 0.324 e. The van der Waals surface area contributed by atoms with Gasteiger partial charge in [-0.2, -0.15) is 0 Å². The number of halogens is 2. The summed E-state index contributed by atoms with van der Waals surface area (Å²) in [6, 6.07) is 12.5. The number of aromatic nitrogens is 2. The van der Waals surface area contributed by atoms with E-state index < -0.39 is 6.03 Å². The molecule has 11 heteroatoms. The minimum atomic E-state index is -0.446. The Morgan fingerprint density at radius 2 is 2.00 bits per heavy atom. The van der Waals surface area contributed by atoms with Gasteiger partial charge in [-0.25, -0.2) is 9.48 Å². The molecule has 2 heterocycles. The summed E-state index contributed by atoms with van der Waals surface area (Å²) in [7, 11) is 1.65. The molecule has 37 heavy (non-hydrogen) atoms. The highest BCUT2D eigenvalue weighted by atomic mass is 35.5. The first kappa shape index (κ1) is 27.2. The lowest BCUT2D eigenvalue weighted by Gasteiger charge is -2.23. The van der Waals surface area contributed by atoms with Crippen LogP contribution in [-0.2, 0) is 15.9 Å². The average Bonchev–Trinajstić information content (AvgIpc) is 3.21. The summed E-state index contributed by atoms with van der Waals surface area (Å²) < 4.78 is 18.5. The summed E-state index contributed by atoms with van der Waals surface area (Å²) in [5.41, 5.74) is 2.91. The Morgan fingerprint density at radius 3 is 2.73 bits per heavy atom. The van der Waals surface area contributed by atoms with Gasteiger partial charge in [0.25, 0.3) is 0 Å². The fourth-order valence-electron chi connectivity index (χ4n) is 3.99. The van der Waals surface area contributed by atoms with Crippen molar-refractivity contribution < 1.29 is 19.0 Å². The lowest BCUT2D eigenvalue weighted by molar-refractivity contribution is -0.000938. The van der Waals surface area contributed by atoms with Gasteiger partial charge in [0, 0.05) is 32.5 Å². The molecule has 4 rings (SSSR count). The van der Waals surface area contributed by atoms with Crippen LogP contribution in [0, 0.1) is 6.92 Å². The monoisotopic (exact) mass is 547 g/mol. The highest BCUT2D eigenvalue weighted by Crippen LogP contribution is 2.31. The first-order chi connectivity index (χ1) is 18.0. The SMILES string of the molecule is COCCCc1cc(Cl)c(Cl)cc1NC(=O)Nc1c(C)c(OC[C@H]2CNCCO2)nn1-c1ccccc1. The summed E-state index contributed by atoms with van der Waals surface area (Å²) in [5, 5.41) is 14.6. The number of benzene rings is 2. The lowest BCUT2D eigenvalue weighted by atomic mass is 10.1. The molecule has 1 fully saturated rings. The van der Waals surface area contributed by atoms with Crippen molar-refractivity contribution in [2.45, 2.75) is 25.9 Å². The first-order valence-electron chi connectivity index (χ1n) is 12.1. The molecule has 0 saturated carbocycles. The largest absolute Gasteiger partial charge is 0.474 e. The first-order valence-corrected chi connectivity index (χ1v) is 12.9. The number of aryl methyl sites for hydroxylation is 1. The molecule has 1 atom stereocenters. The number of anilines is 2. The van der Waals surface area contributed by atoms with Crippen molar-refractivity contribution in [2.75, 3.05) is 50.7 Å². The van der Waals surface area contributed by atoms with Crippen molar-refractivity contribution in [2.24, 2.45) is 0 Å². The second kappa shape index (κ2) is 13.1. The van der Waals surface area contributed by atoms with E-state index in [4.69, 9.17) is 37.4 Å². The summed E-state index contributed by atoms with van der Waals surface area (Å²) in [6.07, 6.45) is 1.36. The van der Waals surface area contributed by atoms with E-state index >= 15 is 0 Å². The molecule has 0 spiro atoms. The van der Waals surface area contributed by atoms with Gasteiger partial charge in [-0.05, 0) is 49.6 Å². The van der Waals surface area contributed by atoms with Gasteiger partial charge in [0.15, 0.2) is 0 Å². The number of morpholine rings is 1. The molecule has 0 bridgehead atoms. The maximum absolute atomic E-state index is 13.2. The summed E-state index contributed by atoms with van der Waals surface area (Å²) in [5.74, 6) is 0.908. The molecule has 0 aliphatic carbocycles. The van der Waals surface area contributed by atoms with Crippen molar-refractivity contribution >= 4 is 40.7 Å². The molecule has 9 nitrogen and oxygen atoms in total. The molecule has 1 aliphatic heterocycles. The molecular formula is C26H31Cl2N5O4. The summed E-state index contributed by atoms with van der Waals surface area (Å²) >= 11 is 12.5. The van der Waals surface area contributed by atoms with Gasteiger partial charge < -0.3 is 24.8 Å². The predicted octanol–water partition coefficient (Wildman–Crippen LogP) is 5.08. The number of amides is 2. The Kier molecular flexibility index (Phi) is 9.65. The molecule has 1 saturated heterocycles. The van der Waals surface area contributed by atoms with E-state index in [2.05, 4.69) is 21.0 Å². The second-order valence-corrected chi connectivity index (χ2v) is 9.45. The minimum absolute atomic E-state index is 0.0686. The van der Waals surface area contributed by atoms with Crippen molar-refractivity contribution in [1.29, 1.82) is 0 Å². The molecule has 1 aromatic heterocycles. The lowest BCUT2D eigenvalue weighted by Crippen LogP contribution is -2.41. The van der Waals surface area contributed by atoms with Crippen molar-refractivity contribution in [3.63, 3.8) is 0 Å². The van der Waals surface area contributed by atoms with E-state index in [1.54, 1.807) is 23.9 Å². The fourth-order valence-corrected chi connectivity index (χ4v) is 4.34. The molecule has 0 radical (unpaired) electrons. The van der Waals surface area contributed by atoms with E-state index in [-0.39, 0.29) is 6.10 Å². The summed E-state index contributed by atoms with van der Waals surface area (Å²) in [6.45, 7) is 4.97. The van der Waals surface area contributed by atoms with E-state index in [1.807, 2.05) is 37.3 Å². The van der Waals surface area contributed by atoms with Crippen LogP contribution in [0.2, 0.25) is 10.0 Å². The number of rotatable bonds is 10. The van der Waals surface area contributed by atoms with Gasteiger partial charge in [0.1, 0.15) is 18.5 Å². The number of hydrogen-bond acceptors (Lipinski definition) is 6. The van der Waals surface area contributed by atoms with Crippen LogP contribution in [0.4, 0.5) is 16.3 Å². The topological polar surface area (TPSA) is 98.7 Å². The molecule has 198 valence electrons. The number of methoxy groups -OCH3 is 1. The van der Waals surface area contributed by atoms with Gasteiger partial charge in [-0.1, -0.05) is 41.4 Å². The van der Waals surface area contributed by atoms with Crippen molar-refractivity contribution in [1.82, 2.24) is 15.1 Å². The van der Waals surface area contributed by atoms with Crippen LogP contribution in [0.15, 0.2) is 42.5 Å². The number of carbonyl (C=O) groups is 1. The Bertz CT molecular complexity index is 1200. The van der Waals surface area contributed by atoms with Crippen LogP contribution in [0.3, 0.4) is 0 Å². The quantitative estimate of drug-likeness (QED) is 0.306. The normalized spacial score (nSPS) is 15.4. The average molecular weight is 548 g/mol. The molecule has 2 amide bonds. The van der Waals surface area contributed by atoms with Crippen molar-refractivity contribution in [3.05, 3.63) is 63.6 Å². The predicted molar refractivity (Wildman–Crippen MR) is 146 cm³/mol. The van der Waals surface area contributed by atoms with E-state index in [0.29, 0.717) is 65.8 Å². The zero-order valence-electron chi connectivity index (χ0n) is 20.9. The number of hydrogen-bond donors (Lipinski definition) is 3.